The molecule has 1 amide bonds. The SMILES string of the molecule is CN(C)CCNC(=O)c1csc(-c2ccc(OCc3ccccc3)cc2)n1. The molecule has 0 unspecified atom stereocenters. The second kappa shape index (κ2) is 9.30. The molecule has 0 bridgehead atoms. The average Bonchev–Trinajstić information content (AvgIpc) is 3.17. The van der Waals surface area contributed by atoms with E-state index in [0.717, 1.165) is 28.4 Å². The van der Waals surface area contributed by atoms with Gasteiger partial charge in [0.15, 0.2) is 0 Å². The van der Waals surface area contributed by atoms with Crippen LogP contribution in [0.15, 0.2) is 60.0 Å². The van der Waals surface area contributed by atoms with Crippen LogP contribution in [0.1, 0.15) is 16.1 Å². The number of aromatic nitrogens is 1. The maximum Gasteiger partial charge on any atom is 0.270 e. The zero-order chi connectivity index (χ0) is 19.1. The smallest absolute Gasteiger partial charge is 0.270 e. The third-order valence-electron chi connectivity index (χ3n) is 3.93. The first-order chi connectivity index (χ1) is 13.1. The van der Waals surface area contributed by atoms with Crippen molar-refractivity contribution in [3.05, 3.63) is 71.2 Å². The molecule has 27 heavy (non-hydrogen) atoms. The Morgan fingerprint density at radius 2 is 1.85 bits per heavy atom. The van der Waals surface area contributed by atoms with E-state index in [4.69, 9.17) is 4.74 Å². The summed E-state index contributed by atoms with van der Waals surface area (Å²) in [6.07, 6.45) is 0. The van der Waals surface area contributed by atoms with Gasteiger partial charge in [-0.05, 0) is 43.9 Å². The molecule has 140 valence electrons. The summed E-state index contributed by atoms with van der Waals surface area (Å²) in [4.78, 5) is 18.6. The van der Waals surface area contributed by atoms with Crippen molar-refractivity contribution < 1.29 is 9.53 Å². The number of benzene rings is 2. The van der Waals surface area contributed by atoms with E-state index in [1.165, 1.54) is 11.3 Å². The van der Waals surface area contributed by atoms with Gasteiger partial charge in [0.2, 0.25) is 0 Å². The number of likely N-dealkylation sites (N-methyl/N-ethyl adjacent to an activating group) is 1. The third-order valence-corrected chi connectivity index (χ3v) is 4.82. The van der Waals surface area contributed by atoms with Crippen LogP contribution in [0.3, 0.4) is 0 Å². The lowest BCUT2D eigenvalue weighted by Gasteiger charge is -2.09. The zero-order valence-electron chi connectivity index (χ0n) is 15.5. The number of nitrogens with zero attached hydrogens (tertiary/aromatic N) is 2. The number of ether oxygens (including phenoxy) is 1. The molecule has 1 aromatic heterocycles. The van der Waals surface area contributed by atoms with E-state index >= 15 is 0 Å². The molecular formula is C21H23N3O2S. The van der Waals surface area contributed by atoms with Gasteiger partial charge < -0.3 is 15.0 Å². The van der Waals surface area contributed by atoms with Crippen LogP contribution in [0.2, 0.25) is 0 Å². The molecule has 0 aliphatic rings. The highest BCUT2D eigenvalue weighted by atomic mass is 32.1. The average molecular weight is 382 g/mol. The summed E-state index contributed by atoms with van der Waals surface area (Å²) in [6.45, 7) is 1.94. The van der Waals surface area contributed by atoms with E-state index in [0.29, 0.717) is 18.8 Å². The van der Waals surface area contributed by atoms with Crippen LogP contribution in [0, 0.1) is 0 Å². The highest BCUT2D eigenvalue weighted by molar-refractivity contribution is 7.13. The molecule has 6 heteroatoms. The summed E-state index contributed by atoms with van der Waals surface area (Å²) in [5.74, 6) is 0.669. The fraction of sp³-hybridized carbons (Fsp3) is 0.238. The molecule has 2 aromatic carbocycles. The number of rotatable bonds is 8. The molecule has 3 aromatic rings. The normalized spacial score (nSPS) is 10.8. The monoisotopic (exact) mass is 381 g/mol. The Hall–Kier alpha value is -2.70. The highest BCUT2D eigenvalue weighted by Gasteiger charge is 2.11. The van der Waals surface area contributed by atoms with Gasteiger partial charge in [0.1, 0.15) is 23.1 Å². The maximum atomic E-state index is 12.1. The van der Waals surface area contributed by atoms with Crippen molar-refractivity contribution in [1.82, 2.24) is 15.2 Å². The lowest BCUT2D eigenvalue weighted by Crippen LogP contribution is -2.31. The van der Waals surface area contributed by atoms with Gasteiger partial charge in [-0.1, -0.05) is 30.3 Å². The van der Waals surface area contributed by atoms with E-state index in [1.54, 1.807) is 5.38 Å². The predicted octanol–water partition coefficient (Wildman–Crippen LogP) is 3.68. The van der Waals surface area contributed by atoms with Gasteiger partial charge >= 0.3 is 0 Å². The molecule has 0 saturated carbocycles. The van der Waals surface area contributed by atoms with Crippen LogP contribution >= 0.6 is 11.3 Å². The van der Waals surface area contributed by atoms with Gasteiger partial charge in [-0.15, -0.1) is 11.3 Å². The molecule has 0 spiro atoms. The van der Waals surface area contributed by atoms with E-state index in [9.17, 15) is 4.79 Å². The first kappa shape index (κ1) is 19.1. The first-order valence-corrected chi connectivity index (χ1v) is 9.65. The molecule has 1 N–H and O–H groups in total. The van der Waals surface area contributed by atoms with E-state index < -0.39 is 0 Å². The molecule has 0 aliphatic heterocycles. The fourth-order valence-electron chi connectivity index (χ4n) is 2.43. The Morgan fingerprint density at radius 3 is 2.56 bits per heavy atom. The number of carbonyl (C=O) groups excluding carboxylic acids is 1. The Morgan fingerprint density at radius 1 is 1.11 bits per heavy atom. The van der Waals surface area contributed by atoms with Crippen LogP contribution in [-0.2, 0) is 6.61 Å². The largest absolute Gasteiger partial charge is 0.489 e. The number of nitrogens with one attached hydrogen (secondary N) is 1. The minimum absolute atomic E-state index is 0.137. The summed E-state index contributed by atoms with van der Waals surface area (Å²) >= 11 is 1.46. The number of hydrogen-bond acceptors (Lipinski definition) is 5. The Labute approximate surface area is 163 Å². The summed E-state index contributed by atoms with van der Waals surface area (Å²) in [7, 11) is 3.95. The number of thiazole rings is 1. The van der Waals surface area contributed by atoms with Gasteiger partial charge in [-0.25, -0.2) is 4.98 Å². The van der Waals surface area contributed by atoms with E-state index in [-0.39, 0.29) is 5.91 Å². The van der Waals surface area contributed by atoms with Gasteiger partial charge in [0.05, 0.1) is 0 Å². The Kier molecular flexibility index (Phi) is 6.57. The number of amides is 1. The molecule has 0 atom stereocenters. The van der Waals surface area contributed by atoms with Crippen molar-refractivity contribution in [2.24, 2.45) is 0 Å². The fourth-order valence-corrected chi connectivity index (χ4v) is 3.24. The molecule has 0 radical (unpaired) electrons. The summed E-state index contributed by atoms with van der Waals surface area (Å²) in [5.41, 5.74) is 2.56. The lowest BCUT2D eigenvalue weighted by atomic mass is 10.2. The van der Waals surface area contributed by atoms with Gasteiger partial charge in [-0.2, -0.15) is 0 Å². The second-order valence-electron chi connectivity index (χ2n) is 6.40. The molecule has 1 heterocycles. The van der Waals surface area contributed by atoms with Crippen molar-refractivity contribution in [2.45, 2.75) is 6.61 Å². The molecular weight excluding hydrogens is 358 g/mol. The van der Waals surface area contributed by atoms with Crippen LogP contribution in [0.25, 0.3) is 10.6 Å². The second-order valence-corrected chi connectivity index (χ2v) is 7.25. The third kappa shape index (κ3) is 5.64. The first-order valence-electron chi connectivity index (χ1n) is 8.77. The van der Waals surface area contributed by atoms with E-state index in [2.05, 4.69) is 10.3 Å². The summed E-state index contributed by atoms with van der Waals surface area (Å²) < 4.78 is 5.80. The van der Waals surface area contributed by atoms with Crippen LogP contribution in [-0.4, -0.2) is 43.0 Å². The maximum absolute atomic E-state index is 12.1. The molecule has 0 aliphatic carbocycles. The lowest BCUT2D eigenvalue weighted by molar-refractivity contribution is 0.0947. The van der Waals surface area contributed by atoms with Gasteiger partial charge in [0.25, 0.3) is 5.91 Å². The van der Waals surface area contributed by atoms with Crippen LogP contribution in [0.5, 0.6) is 5.75 Å². The van der Waals surface area contributed by atoms with Gasteiger partial charge in [0, 0.05) is 24.0 Å². The molecule has 5 nitrogen and oxygen atoms in total. The standard InChI is InChI=1S/C21H23N3O2S/c1-24(2)13-12-22-20(25)19-15-27-21(23-19)17-8-10-18(11-9-17)26-14-16-6-4-3-5-7-16/h3-11,15H,12-14H2,1-2H3,(H,22,25). The van der Waals surface area contributed by atoms with Crippen molar-refractivity contribution in [3.8, 4) is 16.3 Å². The molecule has 0 fully saturated rings. The van der Waals surface area contributed by atoms with Crippen molar-refractivity contribution in [3.63, 3.8) is 0 Å². The highest BCUT2D eigenvalue weighted by Crippen LogP contribution is 2.26. The van der Waals surface area contributed by atoms with E-state index in [1.807, 2.05) is 73.6 Å². The van der Waals surface area contributed by atoms with Crippen LogP contribution in [0.4, 0.5) is 0 Å². The molecule has 0 saturated heterocycles. The zero-order valence-corrected chi connectivity index (χ0v) is 16.3. The van der Waals surface area contributed by atoms with Crippen LogP contribution < -0.4 is 10.1 Å². The van der Waals surface area contributed by atoms with Gasteiger partial charge in [-0.3, -0.25) is 4.79 Å². The number of hydrogen-bond donors (Lipinski definition) is 1. The minimum Gasteiger partial charge on any atom is -0.489 e. The summed E-state index contributed by atoms with van der Waals surface area (Å²) in [6, 6.07) is 17.8. The Balaban J connectivity index is 1.57. The van der Waals surface area contributed by atoms with Crippen molar-refractivity contribution in [1.29, 1.82) is 0 Å². The topological polar surface area (TPSA) is 54.5 Å². The van der Waals surface area contributed by atoms with Crippen molar-refractivity contribution in [2.75, 3.05) is 27.2 Å². The quantitative estimate of drug-likeness (QED) is 0.647. The molecule has 3 rings (SSSR count). The number of carbonyl (C=O) groups is 1. The minimum atomic E-state index is -0.137. The predicted molar refractivity (Wildman–Crippen MR) is 109 cm³/mol. The van der Waals surface area contributed by atoms with Crippen molar-refractivity contribution >= 4 is 17.2 Å². The summed E-state index contributed by atoms with van der Waals surface area (Å²) in [5, 5.41) is 5.49. The Bertz CT molecular complexity index is 861.